The number of amides is 2. The molecule has 2 aromatic rings. The fourth-order valence-electron chi connectivity index (χ4n) is 3.52. The summed E-state index contributed by atoms with van der Waals surface area (Å²) in [6.45, 7) is 2.48. The molecule has 0 aromatic heterocycles. The maximum atomic E-state index is 12.6. The molecule has 136 valence electrons. The molecule has 2 atom stereocenters. The van der Waals surface area contributed by atoms with Crippen molar-refractivity contribution in [3.63, 3.8) is 0 Å². The first-order chi connectivity index (χ1) is 12.6. The average molecular weight is 351 g/mol. The lowest BCUT2D eigenvalue weighted by atomic mass is 9.95. The number of aryl methyl sites for hydroxylation is 1. The highest BCUT2D eigenvalue weighted by molar-refractivity contribution is 6.04. The van der Waals surface area contributed by atoms with E-state index in [1.165, 1.54) is 0 Å². The van der Waals surface area contributed by atoms with Crippen molar-refractivity contribution in [2.75, 3.05) is 17.2 Å². The number of carbonyl (C=O) groups is 2. The molecule has 1 saturated carbocycles. The van der Waals surface area contributed by atoms with E-state index in [0.717, 1.165) is 30.5 Å². The zero-order valence-corrected chi connectivity index (χ0v) is 15.0. The summed E-state index contributed by atoms with van der Waals surface area (Å²) < 4.78 is 0. The van der Waals surface area contributed by atoms with Crippen LogP contribution in [0.1, 0.15) is 35.2 Å². The summed E-state index contributed by atoms with van der Waals surface area (Å²) in [6, 6.07) is 14.6. The molecular weight excluding hydrogens is 326 g/mol. The van der Waals surface area contributed by atoms with E-state index in [2.05, 4.69) is 10.6 Å². The first-order valence-corrected chi connectivity index (χ1v) is 9.06. The van der Waals surface area contributed by atoms with Crippen LogP contribution in [0.2, 0.25) is 0 Å². The molecule has 0 spiro atoms. The lowest BCUT2D eigenvalue weighted by Crippen LogP contribution is -2.30. The summed E-state index contributed by atoms with van der Waals surface area (Å²) in [5, 5.41) is 5.90. The quantitative estimate of drug-likeness (QED) is 0.770. The highest BCUT2D eigenvalue weighted by atomic mass is 16.2. The van der Waals surface area contributed by atoms with Crippen LogP contribution in [0.3, 0.4) is 0 Å². The fraction of sp³-hybridized carbons (Fsp3) is 0.333. The molecule has 2 amide bonds. The molecule has 1 aliphatic carbocycles. The molecule has 5 heteroatoms. The van der Waals surface area contributed by atoms with Gasteiger partial charge < -0.3 is 16.4 Å². The van der Waals surface area contributed by atoms with Crippen molar-refractivity contribution < 1.29 is 9.59 Å². The minimum atomic E-state index is -0.175. The van der Waals surface area contributed by atoms with E-state index in [-0.39, 0.29) is 23.7 Å². The second kappa shape index (κ2) is 8.15. The van der Waals surface area contributed by atoms with Gasteiger partial charge in [0, 0.05) is 22.9 Å². The number of nitrogens with two attached hydrogens (primary N) is 1. The second-order valence-electron chi connectivity index (χ2n) is 6.87. The number of benzene rings is 2. The van der Waals surface area contributed by atoms with Crippen molar-refractivity contribution in [3.8, 4) is 0 Å². The Morgan fingerprint density at radius 1 is 1.08 bits per heavy atom. The molecule has 3 rings (SSSR count). The monoisotopic (exact) mass is 351 g/mol. The van der Waals surface area contributed by atoms with Crippen LogP contribution in [0.25, 0.3) is 0 Å². The summed E-state index contributed by atoms with van der Waals surface area (Å²) >= 11 is 0. The van der Waals surface area contributed by atoms with Crippen molar-refractivity contribution in [3.05, 3.63) is 59.7 Å². The lowest BCUT2D eigenvalue weighted by molar-refractivity contribution is -0.120. The zero-order valence-electron chi connectivity index (χ0n) is 15.0. The molecule has 1 aliphatic rings. The third kappa shape index (κ3) is 4.11. The van der Waals surface area contributed by atoms with Gasteiger partial charge in [-0.25, -0.2) is 0 Å². The van der Waals surface area contributed by atoms with E-state index in [4.69, 9.17) is 5.73 Å². The molecule has 0 saturated heterocycles. The summed E-state index contributed by atoms with van der Waals surface area (Å²) in [5.41, 5.74) is 8.72. The Labute approximate surface area is 154 Å². The third-order valence-corrected chi connectivity index (χ3v) is 5.09. The maximum Gasteiger partial charge on any atom is 0.255 e. The van der Waals surface area contributed by atoms with Crippen molar-refractivity contribution >= 4 is 23.2 Å². The maximum absolute atomic E-state index is 12.6. The van der Waals surface area contributed by atoms with Crippen LogP contribution in [0, 0.1) is 18.8 Å². The minimum absolute atomic E-state index is 0.0209. The van der Waals surface area contributed by atoms with Crippen LogP contribution in [0.5, 0.6) is 0 Å². The van der Waals surface area contributed by atoms with Crippen LogP contribution in [0.4, 0.5) is 11.4 Å². The van der Waals surface area contributed by atoms with Gasteiger partial charge in [0.1, 0.15) is 0 Å². The predicted octanol–water partition coefficient (Wildman–Crippen LogP) is 3.56. The van der Waals surface area contributed by atoms with Crippen LogP contribution >= 0.6 is 0 Å². The van der Waals surface area contributed by atoms with E-state index in [0.29, 0.717) is 17.8 Å². The summed E-state index contributed by atoms with van der Waals surface area (Å²) in [6.07, 6.45) is 2.95. The SMILES string of the molecule is Cc1ccc(NC(=O)c2ccccc2)cc1NC(=O)[C@@H]1CCC[C@@H]1CN. The molecular formula is C21H25N3O2. The Balaban J connectivity index is 1.71. The lowest BCUT2D eigenvalue weighted by Gasteiger charge is -2.19. The number of carbonyl (C=O) groups excluding carboxylic acids is 2. The first-order valence-electron chi connectivity index (χ1n) is 9.06. The molecule has 0 heterocycles. The molecule has 0 radical (unpaired) electrons. The second-order valence-corrected chi connectivity index (χ2v) is 6.87. The molecule has 5 nitrogen and oxygen atoms in total. The van der Waals surface area contributed by atoms with E-state index in [1.54, 1.807) is 18.2 Å². The van der Waals surface area contributed by atoms with Gasteiger partial charge in [0.05, 0.1) is 0 Å². The Morgan fingerprint density at radius 2 is 1.85 bits per heavy atom. The summed E-state index contributed by atoms with van der Waals surface area (Å²) in [4.78, 5) is 24.9. The van der Waals surface area contributed by atoms with Gasteiger partial charge in [-0.1, -0.05) is 30.7 Å². The first kappa shape index (κ1) is 18.1. The number of nitrogens with one attached hydrogen (secondary N) is 2. The van der Waals surface area contributed by atoms with E-state index in [9.17, 15) is 9.59 Å². The highest BCUT2D eigenvalue weighted by Gasteiger charge is 2.32. The molecule has 2 aromatic carbocycles. The topological polar surface area (TPSA) is 84.2 Å². The van der Waals surface area contributed by atoms with Crippen LogP contribution in [-0.4, -0.2) is 18.4 Å². The molecule has 0 aliphatic heterocycles. The third-order valence-electron chi connectivity index (χ3n) is 5.09. The number of hydrogen-bond acceptors (Lipinski definition) is 3. The Kier molecular flexibility index (Phi) is 5.68. The molecule has 26 heavy (non-hydrogen) atoms. The molecule has 0 bridgehead atoms. The van der Waals surface area contributed by atoms with Crippen molar-refractivity contribution in [2.24, 2.45) is 17.6 Å². The summed E-state index contributed by atoms with van der Waals surface area (Å²) in [5.74, 6) is 0.0801. The molecule has 4 N–H and O–H groups in total. The molecule has 1 fully saturated rings. The van der Waals surface area contributed by atoms with Gasteiger partial charge in [0.25, 0.3) is 5.91 Å². The van der Waals surface area contributed by atoms with Crippen LogP contribution in [0.15, 0.2) is 48.5 Å². The molecule has 0 unspecified atom stereocenters. The van der Waals surface area contributed by atoms with Crippen molar-refractivity contribution in [1.82, 2.24) is 0 Å². The number of anilines is 2. The van der Waals surface area contributed by atoms with Crippen LogP contribution < -0.4 is 16.4 Å². The highest BCUT2D eigenvalue weighted by Crippen LogP contribution is 2.32. The average Bonchev–Trinajstić information content (AvgIpc) is 3.14. The van der Waals surface area contributed by atoms with E-state index in [1.807, 2.05) is 37.3 Å². The van der Waals surface area contributed by atoms with Crippen molar-refractivity contribution in [2.45, 2.75) is 26.2 Å². The van der Waals surface area contributed by atoms with Gasteiger partial charge in [-0.3, -0.25) is 9.59 Å². The van der Waals surface area contributed by atoms with Crippen molar-refractivity contribution in [1.29, 1.82) is 0 Å². The Morgan fingerprint density at radius 3 is 2.58 bits per heavy atom. The van der Waals surface area contributed by atoms with Gasteiger partial charge in [-0.15, -0.1) is 0 Å². The van der Waals surface area contributed by atoms with Gasteiger partial charge in [-0.05, 0) is 62.1 Å². The van der Waals surface area contributed by atoms with Gasteiger partial charge in [-0.2, -0.15) is 0 Å². The van der Waals surface area contributed by atoms with E-state index < -0.39 is 0 Å². The predicted molar refractivity (Wildman–Crippen MR) is 104 cm³/mol. The Hall–Kier alpha value is -2.66. The van der Waals surface area contributed by atoms with E-state index >= 15 is 0 Å². The largest absolute Gasteiger partial charge is 0.330 e. The smallest absolute Gasteiger partial charge is 0.255 e. The van der Waals surface area contributed by atoms with Gasteiger partial charge in [0.15, 0.2) is 0 Å². The number of hydrogen-bond donors (Lipinski definition) is 3. The fourth-order valence-corrected chi connectivity index (χ4v) is 3.52. The van der Waals surface area contributed by atoms with Gasteiger partial charge >= 0.3 is 0 Å². The van der Waals surface area contributed by atoms with Gasteiger partial charge in [0.2, 0.25) is 5.91 Å². The van der Waals surface area contributed by atoms with Crippen LogP contribution in [-0.2, 0) is 4.79 Å². The Bertz CT molecular complexity index is 789. The normalized spacial score (nSPS) is 19.2. The number of rotatable bonds is 5. The zero-order chi connectivity index (χ0) is 18.5. The minimum Gasteiger partial charge on any atom is -0.330 e. The standard InChI is InChI=1S/C21H25N3O2/c1-14-10-11-17(23-20(25)15-6-3-2-4-7-15)12-19(14)24-21(26)18-9-5-8-16(18)13-22/h2-4,6-7,10-12,16,18H,5,8-9,13,22H2,1H3,(H,23,25)(H,24,26)/t16-,18-/m1/s1. The summed E-state index contributed by atoms with van der Waals surface area (Å²) in [7, 11) is 0.